The zero-order valence-corrected chi connectivity index (χ0v) is 17.3. The molecule has 1 aliphatic heterocycles. The van der Waals surface area contributed by atoms with Crippen LogP contribution in [0.2, 0.25) is 5.02 Å². The van der Waals surface area contributed by atoms with Crippen LogP contribution in [0.15, 0.2) is 53.4 Å². The van der Waals surface area contributed by atoms with Gasteiger partial charge in [-0.3, -0.25) is 9.59 Å². The Balaban J connectivity index is 1.65. The van der Waals surface area contributed by atoms with Crippen molar-refractivity contribution in [3.63, 3.8) is 0 Å². The van der Waals surface area contributed by atoms with Crippen molar-refractivity contribution in [2.45, 2.75) is 29.9 Å². The number of hydrogen-bond donors (Lipinski definition) is 2. The van der Waals surface area contributed by atoms with Crippen LogP contribution in [0.1, 0.15) is 19.8 Å². The molecule has 148 valence electrons. The number of carbonyl (C=O) groups is 2. The minimum atomic E-state index is -0.255. The highest BCUT2D eigenvalue weighted by Gasteiger charge is 2.25. The molecule has 5 nitrogen and oxygen atoms in total. The van der Waals surface area contributed by atoms with E-state index in [1.165, 1.54) is 11.8 Å². The molecule has 0 spiro atoms. The van der Waals surface area contributed by atoms with Crippen LogP contribution >= 0.6 is 23.4 Å². The van der Waals surface area contributed by atoms with Crippen LogP contribution in [0.3, 0.4) is 0 Å². The maximum atomic E-state index is 12.7. The van der Waals surface area contributed by atoms with Gasteiger partial charge in [0.2, 0.25) is 11.8 Å². The van der Waals surface area contributed by atoms with Gasteiger partial charge in [0.1, 0.15) is 0 Å². The van der Waals surface area contributed by atoms with E-state index in [1.807, 2.05) is 55.5 Å². The highest BCUT2D eigenvalue weighted by atomic mass is 35.5. The third kappa shape index (κ3) is 5.20. The molecule has 7 heteroatoms. The summed E-state index contributed by atoms with van der Waals surface area (Å²) in [6, 6.07) is 15.2. The molecule has 0 bridgehead atoms. The van der Waals surface area contributed by atoms with E-state index in [4.69, 9.17) is 17.3 Å². The predicted molar refractivity (Wildman–Crippen MR) is 116 cm³/mol. The summed E-state index contributed by atoms with van der Waals surface area (Å²) < 4.78 is 0. The topological polar surface area (TPSA) is 75.4 Å². The van der Waals surface area contributed by atoms with Crippen LogP contribution in [-0.4, -0.2) is 30.2 Å². The zero-order chi connectivity index (χ0) is 20.1. The molecule has 3 N–H and O–H groups in total. The molecule has 2 aromatic rings. The number of nitrogens with two attached hydrogens (primary N) is 1. The fraction of sp³-hybridized carbons (Fsp3) is 0.333. The average Bonchev–Trinajstić information content (AvgIpc) is 2.70. The molecule has 0 aromatic heterocycles. The monoisotopic (exact) mass is 417 g/mol. The van der Waals surface area contributed by atoms with Crippen molar-refractivity contribution in [1.82, 2.24) is 0 Å². The molecule has 1 saturated heterocycles. The van der Waals surface area contributed by atoms with Gasteiger partial charge in [-0.1, -0.05) is 23.7 Å². The second-order valence-corrected chi connectivity index (χ2v) is 8.73. The predicted octanol–water partition coefficient (Wildman–Crippen LogP) is 4.16. The van der Waals surface area contributed by atoms with Crippen LogP contribution in [0, 0.1) is 5.92 Å². The summed E-state index contributed by atoms with van der Waals surface area (Å²) >= 11 is 7.41. The van der Waals surface area contributed by atoms with Crippen LogP contribution in [0.4, 0.5) is 11.4 Å². The van der Waals surface area contributed by atoms with E-state index in [9.17, 15) is 9.59 Å². The Kier molecular flexibility index (Phi) is 6.86. The molecule has 2 amide bonds. The van der Waals surface area contributed by atoms with E-state index in [-0.39, 0.29) is 23.0 Å². The van der Waals surface area contributed by atoms with Gasteiger partial charge in [0.15, 0.2) is 0 Å². The van der Waals surface area contributed by atoms with Crippen molar-refractivity contribution in [2.24, 2.45) is 11.7 Å². The zero-order valence-electron chi connectivity index (χ0n) is 15.7. The summed E-state index contributed by atoms with van der Waals surface area (Å²) in [5, 5.41) is 3.48. The molecule has 1 unspecified atom stereocenters. The first-order valence-corrected chi connectivity index (χ1v) is 10.6. The Labute approximate surface area is 174 Å². The summed E-state index contributed by atoms with van der Waals surface area (Å²) in [6.45, 7) is 3.38. The van der Waals surface area contributed by atoms with Gasteiger partial charge >= 0.3 is 0 Å². The Hall–Kier alpha value is -2.18. The Bertz CT molecular complexity index is 836. The molecule has 1 heterocycles. The maximum Gasteiger partial charge on any atom is 0.237 e. The van der Waals surface area contributed by atoms with Gasteiger partial charge in [-0.2, -0.15) is 0 Å². The van der Waals surface area contributed by atoms with E-state index < -0.39 is 0 Å². The highest BCUT2D eigenvalue weighted by molar-refractivity contribution is 8.00. The lowest BCUT2D eigenvalue weighted by atomic mass is 9.96. The third-order valence-electron chi connectivity index (χ3n) is 4.90. The number of rotatable bonds is 6. The molecular formula is C21H24ClN3O2S. The summed E-state index contributed by atoms with van der Waals surface area (Å²) in [5.74, 6) is -0.345. The lowest BCUT2D eigenvalue weighted by Crippen LogP contribution is -2.39. The van der Waals surface area contributed by atoms with Crippen LogP contribution in [-0.2, 0) is 9.59 Å². The fourth-order valence-electron chi connectivity index (χ4n) is 3.27. The second-order valence-electron chi connectivity index (χ2n) is 6.88. The number of para-hydroxylation sites is 2. The molecule has 3 rings (SSSR count). The molecule has 28 heavy (non-hydrogen) atoms. The first-order chi connectivity index (χ1) is 13.4. The number of amides is 2. The van der Waals surface area contributed by atoms with Gasteiger partial charge in [0, 0.05) is 28.9 Å². The fourth-order valence-corrected chi connectivity index (χ4v) is 4.26. The summed E-state index contributed by atoms with van der Waals surface area (Å²) in [6.07, 6.45) is 1.47. The first kappa shape index (κ1) is 20.6. The van der Waals surface area contributed by atoms with Crippen molar-refractivity contribution in [1.29, 1.82) is 0 Å². The molecule has 1 aliphatic rings. The van der Waals surface area contributed by atoms with Gasteiger partial charge in [-0.05, 0) is 56.2 Å². The minimum Gasteiger partial charge on any atom is -0.370 e. The van der Waals surface area contributed by atoms with Crippen LogP contribution < -0.4 is 16.0 Å². The van der Waals surface area contributed by atoms with Crippen LogP contribution in [0.5, 0.6) is 0 Å². The van der Waals surface area contributed by atoms with Crippen molar-refractivity contribution in [3.05, 3.63) is 53.6 Å². The molecule has 0 aliphatic carbocycles. The molecule has 0 radical (unpaired) electrons. The van der Waals surface area contributed by atoms with Crippen molar-refractivity contribution < 1.29 is 9.59 Å². The number of primary amides is 1. The summed E-state index contributed by atoms with van der Waals surface area (Å²) in [5.41, 5.74) is 7.19. The molecule has 2 aromatic carbocycles. The SMILES string of the molecule is CC(Sc1ccc(Cl)cc1)C(=O)Nc1ccccc1N1CCC(C(N)=O)CC1. The van der Waals surface area contributed by atoms with Crippen molar-refractivity contribution >= 4 is 46.6 Å². The molecular weight excluding hydrogens is 394 g/mol. The molecule has 0 saturated carbocycles. The number of thioether (sulfide) groups is 1. The van der Waals surface area contributed by atoms with E-state index in [1.54, 1.807) is 0 Å². The first-order valence-electron chi connectivity index (χ1n) is 9.30. The van der Waals surface area contributed by atoms with E-state index in [0.717, 1.165) is 42.2 Å². The molecule has 1 atom stereocenters. The van der Waals surface area contributed by atoms with E-state index >= 15 is 0 Å². The maximum absolute atomic E-state index is 12.7. The average molecular weight is 418 g/mol. The van der Waals surface area contributed by atoms with Crippen molar-refractivity contribution in [3.8, 4) is 0 Å². The van der Waals surface area contributed by atoms with Gasteiger partial charge in [-0.25, -0.2) is 0 Å². The standard InChI is InChI=1S/C21H24ClN3O2S/c1-14(28-17-8-6-16(22)7-9-17)21(27)24-18-4-2-3-5-19(18)25-12-10-15(11-13-25)20(23)26/h2-9,14-15H,10-13H2,1H3,(H2,23,26)(H,24,27). The summed E-state index contributed by atoms with van der Waals surface area (Å²) in [7, 11) is 0. The highest BCUT2D eigenvalue weighted by Crippen LogP contribution is 2.31. The number of anilines is 2. The van der Waals surface area contributed by atoms with Crippen molar-refractivity contribution in [2.75, 3.05) is 23.3 Å². The minimum absolute atomic E-state index is 0.0561. The number of hydrogen-bond acceptors (Lipinski definition) is 4. The van der Waals surface area contributed by atoms with Gasteiger partial charge in [0.25, 0.3) is 0 Å². The van der Waals surface area contributed by atoms with Gasteiger partial charge in [0.05, 0.1) is 16.6 Å². The quantitative estimate of drug-likeness (QED) is 0.692. The van der Waals surface area contributed by atoms with Crippen LogP contribution in [0.25, 0.3) is 0 Å². The third-order valence-corrected chi connectivity index (χ3v) is 6.26. The largest absolute Gasteiger partial charge is 0.370 e. The number of nitrogens with one attached hydrogen (secondary N) is 1. The lowest BCUT2D eigenvalue weighted by molar-refractivity contribution is -0.122. The Morgan fingerprint density at radius 3 is 2.43 bits per heavy atom. The number of nitrogens with zero attached hydrogens (tertiary/aromatic N) is 1. The number of benzene rings is 2. The smallest absolute Gasteiger partial charge is 0.237 e. The number of halogens is 1. The second kappa shape index (κ2) is 9.34. The molecule has 1 fully saturated rings. The van der Waals surface area contributed by atoms with Gasteiger partial charge < -0.3 is 16.0 Å². The van der Waals surface area contributed by atoms with E-state index in [0.29, 0.717) is 5.02 Å². The lowest BCUT2D eigenvalue weighted by Gasteiger charge is -2.33. The Morgan fingerprint density at radius 2 is 1.79 bits per heavy atom. The van der Waals surface area contributed by atoms with Gasteiger partial charge in [-0.15, -0.1) is 11.8 Å². The number of carbonyl (C=O) groups excluding carboxylic acids is 2. The van der Waals surface area contributed by atoms with E-state index in [2.05, 4.69) is 10.2 Å². The normalized spacial score (nSPS) is 15.9. The summed E-state index contributed by atoms with van der Waals surface area (Å²) in [4.78, 5) is 27.3. The Morgan fingerprint density at radius 1 is 1.14 bits per heavy atom. The number of piperidine rings is 1.